The normalized spacial score (nSPS) is 11.5. The fraction of sp³-hybridized carbons (Fsp3) is 0.229. The van der Waals surface area contributed by atoms with E-state index in [9.17, 15) is 9.18 Å². The summed E-state index contributed by atoms with van der Waals surface area (Å²) in [6, 6.07) is 19.4. The molecule has 0 saturated heterocycles. The van der Waals surface area contributed by atoms with E-state index in [1.165, 1.54) is 10.7 Å². The van der Waals surface area contributed by atoms with Crippen molar-refractivity contribution in [1.82, 2.24) is 9.66 Å². The van der Waals surface area contributed by atoms with E-state index in [-0.39, 0.29) is 23.9 Å². The average molecular weight is 737 g/mol. The van der Waals surface area contributed by atoms with Crippen LogP contribution in [0.3, 0.4) is 0 Å². The van der Waals surface area contributed by atoms with Gasteiger partial charge in [-0.1, -0.05) is 44.2 Å². The Balaban J connectivity index is 1.64. The van der Waals surface area contributed by atoms with E-state index < -0.39 is 0 Å². The van der Waals surface area contributed by atoms with Gasteiger partial charge in [-0.2, -0.15) is 9.78 Å². The van der Waals surface area contributed by atoms with Crippen LogP contribution in [0.2, 0.25) is 0 Å². The molecule has 232 valence electrons. The van der Waals surface area contributed by atoms with Crippen molar-refractivity contribution in [2.45, 2.75) is 40.2 Å². The summed E-state index contributed by atoms with van der Waals surface area (Å²) in [5, 5.41) is 5.13. The van der Waals surface area contributed by atoms with E-state index >= 15 is 0 Å². The largest absolute Gasteiger partial charge is 0.496 e. The molecular weight excluding hydrogens is 705 g/mol. The van der Waals surface area contributed by atoms with Crippen LogP contribution in [-0.4, -0.2) is 29.6 Å². The summed E-state index contributed by atoms with van der Waals surface area (Å²) < 4.78 is 34.4. The number of benzene rings is 4. The highest BCUT2D eigenvalue weighted by molar-refractivity contribution is 9.13. The number of methoxy groups -OCH3 is 1. The molecule has 0 aliphatic carbocycles. The molecule has 7 nitrogen and oxygen atoms in total. The van der Waals surface area contributed by atoms with Crippen molar-refractivity contribution in [3.05, 3.63) is 114 Å². The molecule has 10 heteroatoms. The molecule has 0 aliphatic rings. The highest BCUT2D eigenvalue weighted by atomic mass is 79.9. The van der Waals surface area contributed by atoms with Gasteiger partial charge in [0, 0.05) is 21.2 Å². The first-order chi connectivity index (χ1) is 21.6. The number of rotatable bonds is 10. The van der Waals surface area contributed by atoms with E-state index in [2.05, 4.69) is 50.8 Å². The van der Waals surface area contributed by atoms with Crippen molar-refractivity contribution < 1.29 is 18.6 Å². The summed E-state index contributed by atoms with van der Waals surface area (Å²) in [4.78, 5) is 18.8. The number of nitrogens with zero attached hydrogens (tertiary/aromatic N) is 3. The lowest BCUT2D eigenvalue weighted by Gasteiger charge is -2.18. The number of para-hydroxylation sites is 1. The Bertz CT molecular complexity index is 1970. The topological polar surface area (TPSA) is 74.9 Å². The van der Waals surface area contributed by atoms with Gasteiger partial charge in [-0.25, -0.2) is 9.37 Å². The van der Waals surface area contributed by atoms with E-state index in [0.29, 0.717) is 54.9 Å². The third-order valence-corrected chi connectivity index (χ3v) is 9.43. The quantitative estimate of drug-likeness (QED) is 0.134. The molecule has 1 aromatic heterocycles. The number of aryl methyl sites for hydroxylation is 1. The van der Waals surface area contributed by atoms with Gasteiger partial charge in [0.2, 0.25) is 0 Å². The minimum Gasteiger partial charge on any atom is -0.496 e. The highest BCUT2D eigenvalue weighted by Gasteiger charge is 2.20. The monoisotopic (exact) mass is 735 g/mol. The second-order valence-electron chi connectivity index (χ2n) is 10.6. The molecule has 0 aliphatic heterocycles. The Kier molecular flexibility index (Phi) is 10.0. The molecule has 5 aromatic rings. The summed E-state index contributed by atoms with van der Waals surface area (Å²) in [6.07, 6.45) is 1.57. The van der Waals surface area contributed by atoms with Gasteiger partial charge >= 0.3 is 0 Å². The number of halogens is 3. The third-order valence-electron chi connectivity index (χ3n) is 7.29. The zero-order valence-electron chi connectivity index (χ0n) is 25.5. The van der Waals surface area contributed by atoms with E-state index in [0.717, 1.165) is 22.4 Å². The van der Waals surface area contributed by atoms with Crippen LogP contribution in [-0.2, 0) is 6.61 Å². The second kappa shape index (κ2) is 14.0. The van der Waals surface area contributed by atoms with Crippen LogP contribution >= 0.6 is 31.9 Å². The first-order valence-electron chi connectivity index (χ1n) is 14.4. The predicted octanol–water partition coefficient (Wildman–Crippen LogP) is 9.03. The van der Waals surface area contributed by atoms with Crippen molar-refractivity contribution in [2.75, 3.05) is 13.7 Å². The van der Waals surface area contributed by atoms with E-state index in [4.69, 9.17) is 19.2 Å². The first kappa shape index (κ1) is 32.4. The van der Waals surface area contributed by atoms with Crippen LogP contribution in [0.1, 0.15) is 48.9 Å². The number of hydrogen-bond acceptors (Lipinski definition) is 6. The molecule has 0 amide bonds. The standard InChI is InChI=1S/C35H32Br2FN3O4/c1-6-44-30-16-23(31(36)32(37)33(30)45-19-22-11-7-9-13-27(22)38)18-39-41-34(40-28-14-10-8-12-24(28)35(41)42)26-17-25(20(2)3)29(43-5)15-21(26)4/h7-18,20H,6,19H2,1-5H3. The minimum absolute atomic E-state index is 0.00626. The van der Waals surface area contributed by atoms with Crippen LogP contribution in [0.15, 0.2) is 85.6 Å². The van der Waals surface area contributed by atoms with Gasteiger partial charge in [0.05, 0.1) is 35.3 Å². The fourth-order valence-electron chi connectivity index (χ4n) is 4.95. The molecule has 0 atom stereocenters. The highest BCUT2D eigenvalue weighted by Crippen LogP contribution is 2.43. The number of ether oxygens (including phenoxy) is 3. The maximum Gasteiger partial charge on any atom is 0.282 e. The first-order valence-corrected chi connectivity index (χ1v) is 16.0. The Morgan fingerprint density at radius 2 is 1.73 bits per heavy atom. The van der Waals surface area contributed by atoms with Gasteiger partial charge in [0.25, 0.3) is 5.56 Å². The molecular formula is C35H32Br2FN3O4. The van der Waals surface area contributed by atoms with Crippen LogP contribution in [0.4, 0.5) is 4.39 Å². The molecule has 0 unspecified atom stereocenters. The molecule has 45 heavy (non-hydrogen) atoms. The third kappa shape index (κ3) is 6.67. The van der Waals surface area contributed by atoms with Crippen molar-refractivity contribution in [3.63, 3.8) is 0 Å². The number of fused-ring (bicyclic) bond motifs is 1. The number of aromatic nitrogens is 2. The smallest absolute Gasteiger partial charge is 0.282 e. The molecule has 4 aromatic carbocycles. The molecule has 0 fully saturated rings. The Morgan fingerprint density at radius 1 is 1.00 bits per heavy atom. The van der Waals surface area contributed by atoms with Crippen LogP contribution in [0.25, 0.3) is 22.3 Å². The van der Waals surface area contributed by atoms with Crippen LogP contribution < -0.4 is 19.8 Å². The Hall–Kier alpha value is -4.02. The summed E-state index contributed by atoms with van der Waals surface area (Å²) in [5.74, 6) is 1.84. The average Bonchev–Trinajstić information content (AvgIpc) is 3.03. The second-order valence-corrected chi connectivity index (χ2v) is 12.2. The molecule has 0 bridgehead atoms. The van der Waals surface area contributed by atoms with Crippen molar-refractivity contribution in [2.24, 2.45) is 5.10 Å². The fourth-order valence-corrected chi connectivity index (χ4v) is 5.89. The lowest BCUT2D eigenvalue weighted by atomic mass is 9.96. The zero-order valence-corrected chi connectivity index (χ0v) is 28.7. The molecule has 0 spiro atoms. The van der Waals surface area contributed by atoms with Crippen molar-refractivity contribution in [3.8, 4) is 28.6 Å². The van der Waals surface area contributed by atoms with Crippen LogP contribution in [0.5, 0.6) is 17.2 Å². The van der Waals surface area contributed by atoms with E-state index in [1.807, 2.05) is 38.1 Å². The van der Waals surface area contributed by atoms with Gasteiger partial charge in [-0.05, 0) is 99.2 Å². The number of hydrogen-bond donors (Lipinski definition) is 0. The molecule has 1 heterocycles. The maximum atomic E-state index is 14.3. The van der Waals surface area contributed by atoms with Gasteiger partial charge in [-0.15, -0.1) is 0 Å². The molecule has 0 radical (unpaired) electrons. The molecule has 0 saturated carbocycles. The van der Waals surface area contributed by atoms with Crippen molar-refractivity contribution >= 4 is 49.0 Å². The van der Waals surface area contributed by atoms with E-state index in [1.54, 1.807) is 49.7 Å². The summed E-state index contributed by atoms with van der Waals surface area (Å²) in [5.41, 5.74) is 3.95. The maximum absolute atomic E-state index is 14.3. The Labute approximate surface area is 277 Å². The Morgan fingerprint density at radius 3 is 2.44 bits per heavy atom. The SMILES string of the molecule is CCOc1cc(C=Nn2c(-c3cc(C(C)C)c(OC)cc3C)nc3ccccc3c2=O)c(Br)c(Br)c1OCc1ccccc1F. The summed E-state index contributed by atoms with van der Waals surface area (Å²) >= 11 is 7.25. The summed E-state index contributed by atoms with van der Waals surface area (Å²) in [7, 11) is 1.65. The predicted molar refractivity (Wildman–Crippen MR) is 184 cm³/mol. The lowest BCUT2D eigenvalue weighted by molar-refractivity contribution is 0.264. The van der Waals surface area contributed by atoms with Gasteiger partial charge in [0.1, 0.15) is 18.2 Å². The van der Waals surface area contributed by atoms with Crippen molar-refractivity contribution in [1.29, 1.82) is 0 Å². The van der Waals surface area contributed by atoms with Gasteiger partial charge in [0.15, 0.2) is 17.3 Å². The van der Waals surface area contributed by atoms with Gasteiger partial charge < -0.3 is 14.2 Å². The zero-order chi connectivity index (χ0) is 32.2. The minimum atomic E-state index is -0.354. The lowest BCUT2D eigenvalue weighted by Crippen LogP contribution is -2.21. The summed E-state index contributed by atoms with van der Waals surface area (Å²) in [6.45, 7) is 8.37. The molecule has 5 rings (SSSR count). The van der Waals surface area contributed by atoms with Gasteiger partial charge in [-0.3, -0.25) is 4.79 Å². The van der Waals surface area contributed by atoms with Crippen LogP contribution in [0, 0.1) is 12.7 Å². The molecule has 0 N–H and O–H groups in total.